The topological polar surface area (TPSA) is 71.9 Å². The van der Waals surface area contributed by atoms with E-state index in [-0.39, 0.29) is 0 Å². The van der Waals surface area contributed by atoms with Crippen LogP contribution in [0.5, 0.6) is 5.75 Å². The van der Waals surface area contributed by atoms with Crippen molar-refractivity contribution in [3.05, 3.63) is 54.1 Å². The second-order valence-electron chi connectivity index (χ2n) is 8.16. The standard InChI is InChI=1S/C27H33N3O2/c1-2-3-4-5-6-7-8-9-10-11-20-31-25-18-16-24(17-19-25)27-30-29-26(32-27)23-14-12-22(21-28)13-15-23/h12-19H,2-11,20H2,1H3. The second kappa shape index (κ2) is 13.3. The van der Waals surface area contributed by atoms with Gasteiger partial charge in [-0.05, 0) is 55.0 Å². The van der Waals surface area contributed by atoms with Crippen LogP contribution in [0, 0.1) is 11.3 Å². The Morgan fingerprint density at radius 3 is 1.75 bits per heavy atom. The van der Waals surface area contributed by atoms with Crippen molar-refractivity contribution in [2.45, 2.75) is 71.1 Å². The van der Waals surface area contributed by atoms with Crippen LogP contribution in [-0.2, 0) is 0 Å². The van der Waals surface area contributed by atoms with E-state index in [9.17, 15) is 0 Å². The third kappa shape index (κ3) is 7.53. The summed E-state index contributed by atoms with van der Waals surface area (Å²) in [6.07, 6.45) is 13.2. The Morgan fingerprint density at radius 2 is 1.22 bits per heavy atom. The number of aromatic nitrogens is 2. The average Bonchev–Trinajstić information content (AvgIpc) is 3.33. The molecule has 0 radical (unpaired) electrons. The van der Waals surface area contributed by atoms with Crippen LogP contribution in [0.3, 0.4) is 0 Å². The highest BCUT2D eigenvalue weighted by molar-refractivity contribution is 5.59. The van der Waals surface area contributed by atoms with Gasteiger partial charge in [0.15, 0.2) is 0 Å². The van der Waals surface area contributed by atoms with Gasteiger partial charge in [0.05, 0.1) is 18.2 Å². The molecule has 5 nitrogen and oxygen atoms in total. The highest BCUT2D eigenvalue weighted by Crippen LogP contribution is 2.25. The van der Waals surface area contributed by atoms with E-state index in [1.165, 1.54) is 57.8 Å². The minimum absolute atomic E-state index is 0.436. The number of hydrogen-bond acceptors (Lipinski definition) is 5. The average molecular weight is 432 g/mol. The summed E-state index contributed by atoms with van der Waals surface area (Å²) in [5.74, 6) is 1.76. The van der Waals surface area contributed by atoms with Crippen LogP contribution in [0.4, 0.5) is 0 Å². The smallest absolute Gasteiger partial charge is 0.248 e. The lowest BCUT2D eigenvalue weighted by molar-refractivity contribution is 0.304. The summed E-state index contributed by atoms with van der Waals surface area (Å²) < 4.78 is 11.7. The van der Waals surface area contributed by atoms with E-state index >= 15 is 0 Å². The van der Waals surface area contributed by atoms with Gasteiger partial charge in [-0.15, -0.1) is 10.2 Å². The molecule has 32 heavy (non-hydrogen) atoms. The molecule has 0 atom stereocenters. The molecule has 0 spiro atoms. The van der Waals surface area contributed by atoms with E-state index in [1.807, 2.05) is 24.3 Å². The van der Waals surface area contributed by atoms with Crippen molar-refractivity contribution < 1.29 is 9.15 Å². The van der Waals surface area contributed by atoms with Crippen molar-refractivity contribution in [2.24, 2.45) is 0 Å². The molecule has 1 heterocycles. The number of ether oxygens (including phenoxy) is 1. The third-order valence-electron chi connectivity index (χ3n) is 5.55. The normalized spacial score (nSPS) is 10.8. The molecule has 0 aliphatic rings. The molecule has 5 heteroatoms. The number of unbranched alkanes of at least 4 members (excludes halogenated alkanes) is 9. The largest absolute Gasteiger partial charge is 0.494 e. The molecule has 0 unspecified atom stereocenters. The summed E-state index contributed by atoms with van der Waals surface area (Å²) in [7, 11) is 0. The van der Waals surface area contributed by atoms with Gasteiger partial charge >= 0.3 is 0 Å². The molecule has 0 bridgehead atoms. The summed E-state index contributed by atoms with van der Waals surface area (Å²) in [4.78, 5) is 0. The maximum Gasteiger partial charge on any atom is 0.248 e. The Balaban J connectivity index is 1.36. The molecule has 1 aromatic heterocycles. The first kappa shape index (κ1) is 23.5. The molecule has 0 saturated carbocycles. The predicted molar refractivity (Wildman–Crippen MR) is 127 cm³/mol. The molecule has 0 fully saturated rings. The van der Waals surface area contributed by atoms with Crippen molar-refractivity contribution in [1.29, 1.82) is 5.26 Å². The van der Waals surface area contributed by atoms with Crippen LogP contribution in [0.2, 0.25) is 0 Å². The quantitative estimate of drug-likeness (QED) is 0.246. The second-order valence-corrected chi connectivity index (χ2v) is 8.16. The molecule has 0 aliphatic heterocycles. The lowest BCUT2D eigenvalue weighted by atomic mass is 10.1. The molecule has 2 aromatic carbocycles. The van der Waals surface area contributed by atoms with Gasteiger partial charge in [-0.3, -0.25) is 0 Å². The number of nitriles is 1. The molecule has 0 amide bonds. The summed E-state index contributed by atoms with van der Waals surface area (Å²) in [6, 6.07) is 16.9. The van der Waals surface area contributed by atoms with E-state index in [0.29, 0.717) is 17.3 Å². The van der Waals surface area contributed by atoms with Crippen LogP contribution < -0.4 is 4.74 Å². The van der Waals surface area contributed by atoms with E-state index in [1.54, 1.807) is 24.3 Å². The highest BCUT2D eigenvalue weighted by Gasteiger charge is 2.10. The van der Waals surface area contributed by atoms with Gasteiger partial charge in [-0.25, -0.2) is 0 Å². The van der Waals surface area contributed by atoms with Gasteiger partial charge in [0.2, 0.25) is 11.8 Å². The van der Waals surface area contributed by atoms with Crippen molar-refractivity contribution in [1.82, 2.24) is 10.2 Å². The van der Waals surface area contributed by atoms with Gasteiger partial charge in [-0.2, -0.15) is 5.26 Å². The summed E-state index contributed by atoms with van der Waals surface area (Å²) in [5.41, 5.74) is 2.24. The van der Waals surface area contributed by atoms with Crippen molar-refractivity contribution >= 4 is 0 Å². The zero-order valence-corrected chi connectivity index (χ0v) is 19.1. The van der Waals surface area contributed by atoms with Crippen LogP contribution in [-0.4, -0.2) is 16.8 Å². The molecule has 168 valence electrons. The van der Waals surface area contributed by atoms with Crippen molar-refractivity contribution in [2.75, 3.05) is 6.61 Å². The minimum atomic E-state index is 0.436. The maximum atomic E-state index is 8.90. The zero-order valence-electron chi connectivity index (χ0n) is 19.1. The van der Waals surface area contributed by atoms with Gasteiger partial charge in [0.25, 0.3) is 0 Å². The van der Waals surface area contributed by atoms with E-state index in [0.717, 1.165) is 29.9 Å². The molecular formula is C27H33N3O2. The number of nitrogens with zero attached hydrogens (tertiary/aromatic N) is 3. The van der Waals surface area contributed by atoms with Gasteiger partial charge in [0, 0.05) is 11.1 Å². The van der Waals surface area contributed by atoms with E-state index in [2.05, 4.69) is 23.2 Å². The maximum absolute atomic E-state index is 8.90. The molecule has 3 aromatic rings. The number of benzene rings is 2. The Kier molecular flexibility index (Phi) is 9.79. The van der Waals surface area contributed by atoms with E-state index in [4.69, 9.17) is 14.4 Å². The predicted octanol–water partition coefficient (Wildman–Crippen LogP) is 7.57. The number of hydrogen-bond donors (Lipinski definition) is 0. The lowest BCUT2D eigenvalue weighted by Gasteiger charge is -2.06. The monoisotopic (exact) mass is 431 g/mol. The molecule has 0 aliphatic carbocycles. The van der Waals surface area contributed by atoms with Gasteiger partial charge in [0.1, 0.15) is 5.75 Å². The minimum Gasteiger partial charge on any atom is -0.494 e. The first-order chi connectivity index (χ1) is 15.8. The number of rotatable bonds is 14. The van der Waals surface area contributed by atoms with Crippen LogP contribution >= 0.6 is 0 Å². The Morgan fingerprint density at radius 1 is 0.719 bits per heavy atom. The highest BCUT2D eigenvalue weighted by atomic mass is 16.5. The zero-order chi connectivity index (χ0) is 22.4. The van der Waals surface area contributed by atoms with Gasteiger partial charge in [-0.1, -0.05) is 64.7 Å². The summed E-state index contributed by atoms with van der Waals surface area (Å²) >= 11 is 0. The van der Waals surface area contributed by atoms with Crippen molar-refractivity contribution in [3.63, 3.8) is 0 Å². The fraction of sp³-hybridized carbons (Fsp3) is 0.444. The van der Waals surface area contributed by atoms with Gasteiger partial charge < -0.3 is 9.15 Å². The first-order valence-corrected chi connectivity index (χ1v) is 11.9. The summed E-state index contributed by atoms with van der Waals surface area (Å²) in [5, 5.41) is 17.2. The molecule has 0 saturated heterocycles. The van der Waals surface area contributed by atoms with Crippen LogP contribution in [0.25, 0.3) is 22.9 Å². The summed E-state index contributed by atoms with van der Waals surface area (Å²) in [6.45, 7) is 3.01. The van der Waals surface area contributed by atoms with E-state index < -0.39 is 0 Å². The fourth-order valence-electron chi connectivity index (χ4n) is 3.62. The van der Waals surface area contributed by atoms with Crippen molar-refractivity contribution in [3.8, 4) is 34.7 Å². The lowest BCUT2D eigenvalue weighted by Crippen LogP contribution is -1.97. The fourth-order valence-corrected chi connectivity index (χ4v) is 3.62. The van der Waals surface area contributed by atoms with Crippen LogP contribution in [0.1, 0.15) is 76.7 Å². The molecular weight excluding hydrogens is 398 g/mol. The molecule has 0 N–H and O–H groups in total. The van der Waals surface area contributed by atoms with Crippen LogP contribution in [0.15, 0.2) is 52.9 Å². The Hall–Kier alpha value is -3.13. The SMILES string of the molecule is CCCCCCCCCCCCOc1ccc(-c2nnc(-c3ccc(C#N)cc3)o2)cc1. The Labute approximate surface area is 191 Å². The molecule has 3 rings (SSSR count). The first-order valence-electron chi connectivity index (χ1n) is 11.9. The Bertz CT molecular complexity index is 956. The third-order valence-corrected chi connectivity index (χ3v) is 5.55.